The Labute approximate surface area is 102 Å². The van der Waals surface area contributed by atoms with E-state index in [0.29, 0.717) is 17.0 Å². The molecule has 1 aromatic rings. The maximum absolute atomic E-state index is 2.38. The van der Waals surface area contributed by atoms with E-state index >= 15 is 0 Å². The van der Waals surface area contributed by atoms with Crippen LogP contribution in [0.2, 0.25) is 0 Å². The third-order valence-corrected chi connectivity index (χ3v) is 19.1. The van der Waals surface area contributed by atoms with Crippen LogP contribution in [-0.4, -0.2) is 0 Å². The fourth-order valence-corrected chi connectivity index (χ4v) is 21.6. The highest BCUT2D eigenvalue weighted by Crippen LogP contribution is 2.53. The van der Waals surface area contributed by atoms with Crippen molar-refractivity contribution in [3.8, 4) is 0 Å². The van der Waals surface area contributed by atoms with Crippen LogP contribution in [0.5, 0.6) is 0 Å². The Morgan fingerprint density at radius 1 is 1.14 bits per heavy atom. The highest BCUT2D eigenvalue weighted by Gasteiger charge is 2.18. The van der Waals surface area contributed by atoms with Crippen molar-refractivity contribution >= 4 is 58.2 Å². The van der Waals surface area contributed by atoms with Gasteiger partial charge in [0.2, 0.25) is 0 Å². The van der Waals surface area contributed by atoms with Gasteiger partial charge in [-0.2, -0.15) is 0 Å². The molecule has 3 rings (SSSR count). The third kappa shape index (κ3) is 1.85. The average molecular weight is 295 g/mol. The smallest absolute Gasteiger partial charge is 0.0331 e. The van der Waals surface area contributed by atoms with Gasteiger partial charge in [0.15, 0.2) is 0 Å². The van der Waals surface area contributed by atoms with E-state index in [4.69, 9.17) is 0 Å². The summed E-state index contributed by atoms with van der Waals surface area (Å²) in [6.07, 6.45) is 0. The molecule has 0 aliphatic carbocycles. The first-order valence-electron chi connectivity index (χ1n) is 3.87. The fraction of sp³-hybridized carbons (Fsp3) is 0. The van der Waals surface area contributed by atoms with Gasteiger partial charge in [-0.1, -0.05) is 32.4 Å². The van der Waals surface area contributed by atoms with Crippen LogP contribution in [-0.2, 0) is 17.0 Å². The van der Waals surface area contributed by atoms with E-state index in [1.807, 2.05) is 41.2 Å². The normalized spacial score (nSPS) is 29.4. The highest BCUT2D eigenvalue weighted by molar-refractivity contribution is 9.38. The molecular weight excluding hydrogens is 288 g/mol. The molecule has 0 saturated heterocycles. The SMILES string of the molecule is C1=CS2=S(S1)SSSc1ccccc12. The van der Waals surface area contributed by atoms with Crippen LogP contribution in [0.4, 0.5) is 0 Å². The fourth-order valence-electron chi connectivity index (χ4n) is 1.16. The summed E-state index contributed by atoms with van der Waals surface area (Å²) in [6.45, 7) is 0. The van der Waals surface area contributed by atoms with E-state index in [9.17, 15) is 0 Å². The van der Waals surface area contributed by atoms with Gasteiger partial charge in [0, 0.05) is 9.79 Å². The van der Waals surface area contributed by atoms with Gasteiger partial charge in [0.05, 0.1) is 0 Å². The first-order chi connectivity index (χ1) is 6.95. The largest absolute Gasteiger partial charge is 0.0838 e. The molecule has 0 bridgehead atoms. The van der Waals surface area contributed by atoms with Crippen LogP contribution < -0.4 is 0 Å². The number of fused-ring (bicyclic) bond motifs is 2. The van der Waals surface area contributed by atoms with E-state index in [-0.39, 0.29) is 0 Å². The second kappa shape index (κ2) is 4.51. The summed E-state index contributed by atoms with van der Waals surface area (Å²) >= 11 is 0. The Balaban J connectivity index is 2.20. The van der Waals surface area contributed by atoms with Crippen LogP contribution in [0.1, 0.15) is 0 Å². The van der Waals surface area contributed by atoms with E-state index in [1.54, 1.807) is 4.90 Å². The zero-order chi connectivity index (χ0) is 9.38. The number of hydrogen-bond acceptors (Lipinski definition) is 4. The Morgan fingerprint density at radius 3 is 3.07 bits per heavy atom. The Morgan fingerprint density at radius 2 is 2.07 bits per heavy atom. The van der Waals surface area contributed by atoms with Gasteiger partial charge >= 0.3 is 0 Å². The molecule has 0 saturated carbocycles. The van der Waals surface area contributed by atoms with Crippen LogP contribution in [0.3, 0.4) is 0 Å². The molecule has 0 aromatic heterocycles. The minimum Gasteiger partial charge on any atom is -0.0838 e. The van der Waals surface area contributed by atoms with E-state index < -0.39 is 0 Å². The van der Waals surface area contributed by atoms with Crippen LogP contribution >= 0.6 is 41.2 Å². The molecule has 14 heavy (non-hydrogen) atoms. The zero-order valence-corrected chi connectivity index (χ0v) is 11.8. The lowest BCUT2D eigenvalue weighted by molar-refractivity contribution is 1.26. The van der Waals surface area contributed by atoms with Gasteiger partial charge in [-0.05, 0) is 60.9 Å². The van der Waals surface area contributed by atoms with Gasteiger partial charge in [0.1, 0.15) is 0 Å². The Hall–Kier alpha value is 1.06. The van der Waals surface area contributed by atoms with Crippen molar-refractivity contribution in [3.05, 3.63) is 35.1 Å². The molecule has 1 aromatic carbocycles. The van der Waals surface area contributed by atoms with Gasteiger partial charge in [-0.25, -0.2) is 0 Å². The summed E-state index contributed by atoms with van der Waals surface area (Å²) in [5.74, 6) is 0. The topological polar surface area (TPSA) is 0 Å². The molecule has 6 heteroatoms. The molecule has 0 nitrogen and oxygen atoms in total. The number of benzene rings is 1. The molecule has 74 valence electrons. The predicted molar refractivity (Wildman–Crippen MR) is 77.2 cm³/mol. The number of hydrogen-bond donors (Lipinski definition) is 0. The van der Waals surface area contributed by atoms with Gasteiger partial charge in [0.25, 0.3) is 0 Å². The van der Waals surface area contributed by atoms with Crippen molar-refractivity contribution in [2.45, 2.75) is 9.79 Å². The lowest BCUT2D eigenvalue weighted by Crippen LogP contribution is -1.88. The van der Waals surface area contributed by atoms with Gasteiger partial charge in [-0.3, -0.25) is 0 Å². The predicted octanol–water partition coefficient (Wildman–Crippen LogP) is 4.65. The van der Waals surface area contributed by atoms with Crippen molar-refractivity contribution < 1.29 is 0 Å². The molecule has 2 aliphatic heterocycles. The summed E-state index contributed by atoms with van der Waals surface area (Å²) in [5, 5.41) is 4.65. The maximum atomic E-state index is 2.38. The molecule has 2 unspecified atom stereocenters. The van der Waals surface area contributed by atoms with Crippen molar-refractivity contribution in [1.82, 2.24) is 0 Å². The third-order valence-electron chi connectivity index (χ3n) is 1.73. The molecule has 2 atom stereocenters. The Bertz CT molecular complexity index is 435. The average Bonchev–Trinajstić information content (AvgIpc) is 2.61. The second-order valence-electron chi connectivity index (χ2n) is 2.54. The van der Waals surface area contributed by atoms with E-state index in [2.05, 4.69) is 35.1 Å². The summed E-state index contributed by atoms with van der Waals surface area (Å²) in [6, 6.07) is 8.82. The summed E-state index contributed by atoms with van der Waals surface area (Å²) in [4.78, 5) is 3.00. The van der Waals surface area contributed by atoms with Crippen molar-refractivity contribution in [2.24, 2.45) is 0 Å². The first kappa shape index (κ1) is 10.2. The molecule has 0 amide bonds. The first-order valence-corrected chi connectivity index (χ1v) is 12.3. The molecule has 0 fully saturated rings. The molecule has 0 spiro atoms. The summed E-state index contributed by atoms with van der Waals surface area (Å²) in [7, 11) is 8.64. The minimum absolute atomic E-state index is 0.354. The molecule has 0 N–H and O–H groups in total. The molecular formula is C8H6S6. The standard InChI is InChI=1S/C8H6S6/c1-2-4-8-7(3-1)10-11-12-14-9-5-6-13(8)14/h1-6H. The second-order valence-corrected chi connectivity index (χ2v) is 15.9. The minimum atomic E-state index is 0.354. The van der Waals surface area contributed by atoms with Crippen molar-refractivity contribution in [3.63, 3.8) is 0 Å². The lowest BCUT2D eigenvalue weighted by Gasteiger charge is -2.05. The monoisotopic (exact) mass is 294 g/mol. The highest BCUT2D eigenvalue weighted by atomic mass is 33.9. The molecule has 2 aliphatic rings. The van der Waals surface area contributed by atoms with Crippen LogP contribution in [0, 0.1) is 0 Å². The Kier molecular flexibility index (Phi) is 3.30. The number of rotatable bonds is 0. The zero-order valence-electron chi connectivity index (χ0n) is 6.91. The maximum Gasteiger partial charge on any atom is 0.0331 e. The van der Waals surface area contributed by atoms with Crippen molar-refractivity contribution in [1.29, 1.82) is 0 Å². The van der Waals surface area contributed by atoms with E-state index in [0.717, 1.165) is 0 Å². The van der Waals surface area contributed by atoms with Crippen LogP contribution in [0.25, 0.3) is 0 Å². The summed E-state index contributed by atoms with van der Waals surface area (Å²) < 4.78 is 0. The quantitative estimate of drug-likeness (QED) is 0.639. The molecule has 2 heterocycles. The summed E-state index contributed by atoms with van der Waals surface area (Å²) in [5.41, 5.74) is 0. The molecule has 0 radical (unpaired) electrons. The lowest BCUT2D eigenvalue weighted by atomic mass is 10.4. The van der Waals surface area contributed by atoms with Crippen molar-refractivity contribution in [2.75, 3.05) is 0 Å². The van der Waals surface area contributed by atoms with E-state index in [1.165, 1.54) is 4.90 Å². The van der Waals surface area contributed by atoms with Gasteiger partial charge < -0.3 is 0 Å². The van der Waals surface area contributed by atoms with Crippen LogP contribution in [0.15, 0.2) is 44.9 Å². The van der Waals surface area contributed by atoms with Gasteiger partial charge in [-0.15, -0.1) is 0 Å².